The Bertz CT molecular complexity index is 422. The van der Waals surface area contributed by atoms with Crippen molar-refractivity contribution in [2.24, 2.45) is 5.84 Å². The van der Waals surface area contributed by atoms with Gasteiger partial charge in [-0.05, 0) is 37.6 Å². The van der Waals surface area contributed by atoms with Gasteiger partial charge < -0.3 is 0 Å². The fourth-order valence-corrected chi connectivity index (χ4v) is 2.96. The van der Waals surface area contributed by atoms with Crippen LogP contribution >= 0.6 is 0 Å². The Hall–Kier alpha value is -1.39. The molecule has 0 unspecified atom stereocenters. The fourth-order valence-electron chi connectivity index (χ4n) is 2.96. The zero-order valence-electron chi connectivity index (χ0n) is 12.3. The number of benzene rings is 1. The van der Waals surface area contributed by atoms with Gasteiger partial charge in [-0.3, -0.25) is 15.1 Å². The number of hydrogen-bond donors (Lipinski definition) is 2. The number of amides is 1. The molecule has 3 N–H and O–H groups in total. The van der Waals surface area contributed by atoms with E-state index in [0.717, 1.165) is 6.54 Å². The molecule has 0 atom stereocenters. The number of nitrogens with one attached hydrogen (secondary N) is 1. The van der Waals surface area contributed by atoms with Crippen molar-refractivity contribution < 1.29 is 4.79 Å². The zero-order valence-corrected chi connectivity index (χ0v) is 12.3. The van der Waals surface area contributed by atoms with Crippen LogP contribution in [0, 0.1) is 0 Å². The molecule has 1 aromatic rings. The Kier molecular flexibility index (Phi) is 5.56. The number of hydrazine groups is 1. The summed E-state index contributed by atoms with van der Waals surface area (Å²) in [6.45, 7) is 0.940. The predicted molar refractivity (Wildman–Crippen MR) is 81.1 cm³/mol. The number of nitrogens with two attached hydrogens (primary N) is 1. The van der Waals surface area contributed by atoms with E-state index in [1.54, 1.807) is 0 Å². The Morgan fingerprint density at radius 1 is 1.20 bits per heavy atom. The molecule has 0 bridgehead atoms. The third kappa shape index (κ3) is 4.05. The molecule has 0 saturated heterocycles. The van der Waals surface area contributed by atoms with Crippen molar-refractivity contribution in [2.75, 3.05) is 7.05 Å². The highest BCUT2D eigenvalue weighted by atomic mass is 16.2. The van der Waals surface area contributed by atoms with E-state index in [1.807, 2.05) is 24.3 Å². The Labute approximate surface area is 121 Å². The normalized spacial score (nSPS) is 16.9. The lowest BCUT2D eigenvalue weighted by Crippen LogP contribution is -2.31. The van der Waals surface area contributed by atoms with Gasteiger partial charge in [0.1, 0.15) is 0 Å². The smallest absolute Gasteiger partial charge is 0.265 e. The van der Waals surface area contributed by atoms with Gasteiger partial charge in [-0.2, -0.15) is 0 Å². The third-order valence-electron chi connectivity index (χ3n) is 4.23. The highest BCUT2D eigenvalue weighted by molar-refractivity contribution is 5.93. The molecule has 110 valence electrons. The Morgan fingerprint density at radius 3 is 2.35 bits per heavy atom. The number of nitrogen functional groups attached to an aromatic ring is 1. The van der Waals surface area contributed by atoms with Gasteiger partial charge >= 0.3 is 0 Å². The maximum Gasteiger partial charge on any atom is 0.265 e. The van der Waals surface area contributed by atoms with Crippen molar-refractivity contribution in [3.63, 3.8) is 0 Å². The minimum Gasteiger partial charge on any atom is -0.299 e. The summed E-state index contributed by atoms with van der Waals surface area (Å²) in [7, 11) is 2.20. The molecule has 0 aromatic heterocycles. The van der Waals surface area contributed by atoms with Crippen molar-refractivity contribution in [1.29, 1.82) is 0 Å². The summed E-state index contributed by atoms with van der Waals surface area (Å²) in [4.78, 5) is 13.8. The van der Waals surface area contributed by atoms with Gasteiger partial charge in [0.15, 0.2) is 0 Å². The van der Waals surface area contributed by atoms with E-state index in [1.165, 1.54) is 44.1 Å². The largest absolute Gasteiger partial charge is 0.299 e. The van der Waals surface area contributed by atoms with Gasteiger partial charge in [-0.15, -0.1) is 0 Å². The van der Waals surface area contributed by atoms with Gasteiger partial charge in [0.25, 0.3) is 5.91 Å². The van der Waals surface area contributed by atoms with Crippen molar-refractivity contribution in [1.82, 2.24) is 10.3 Å². The number of rotatable bonds is 4. The topological polar surface area (TPSA) is 58.4 Å². The van der Waals surface area contributed by atoms with Crippen molar-refractivity contribution in [3.05, 3.63) is 35.4 Å². The van der Waals surface area contributed by atoms with E-state index in [0.29, 0.717) is 11.6 Å². The number of carbonyl (C=O) groups excluding carboxylic acids is 1. The summed E-state index contributed by atoms with van der Waals surface area (Å²) in [5.41, 5.74) is 4.00. The second-order valence-corrected chi connectivity index (χ2v) is 5.73. The summed E-state index contributed by atoms with van der Waals surface area (Å²) < 4.78 is 0. The number of hydrogen-bond acceptors (Lipinski definition) is 3. The van der Waals surface area contributed by atoms with Crippen molar-refractivity contribution in [3.8, 4) is 0 Å². The Morgan fingerprint density at radius 2 is 1.80 bits per heavy atom. The number of carbonyl (C=O) groups is 1. The maximum atomic E-state index is 11.4. The van der Waals surface area contributed by atoms with E-state index in [2.05, 4.69) is 17.4 Å². The van der Waals surface area contributed by atoms with E-state index in [9.17, 15) is 4.79 Å². The van der Waals surface area contributed by atoms with E-state index >= 15 is 0 Å². The van der Waals surface area contributed by atoms with Gasteiger partial charge in [-0.1, -0.05) is 37.8 Å². The summed E-state index contributed by atoms with van der Waals surface area (Å²) in [5.74, 6) is 4.89. The van der Waals surface area contributed by atoms with Crippen LogP contribution in [0.3, 0.4) is 0 Å². The molecule has 1 aliphatic carbocycles. The Balaban J connectivity index is 1.93. The van der Waals surface area contributed by atoms with E-state index in [4.69, 9.17) is 5.84 Å². The average Bonchev–Trinajstić information content (AvgIpc) is 2.76. The van der Waals surface area contributed by atoms with Crippen LogP contribution in [0.2, 0.25) is 0 Å². The minimum atomic E-state index is -0.242. The first kappa shape index (κ1) is 15.0. The van der Waals surface area contributed by atoms with Crippen LogP contribution in [-0.4, -0.2) is 23.9 Å². The lowest BCUT2D eigenvalue weighted by atomic mass is 10.1. The molecule has 1 saturated carbocycles. The van der Waals surface area contributed by atoms with Gasteiger partial charge in [-0.25, -0.2) is 5.84 Å². The summed E-state index contributed by atoms with van der Waals surface area (Å²) >= 11 is 0. The van der Waals surface area contributed by atoms with Gasteiger partial charge in [0.05, 0.1) is 0 Å². The molecule has 0 radical (unpaired) electrons. The second-order valence-electron chi connectivity index (χ2n) is 5.73. The molecule has 0 spiro atoms. The molecule has 1 aromatic carbocycles. The summed E-state index contributed by atoms with van der Waals surface area (Å²) in [5, 5.41) is 0. The molecule has 2 rings (SSSR count). The molecule has 1 amide bonds. The van der Waals surface area contributed by atoms with Crippen LogP contribution < -0.4 is 11.3 Å². The molecular weight excluding hydrogens is 250 g/mol. The lowest BCUT2D eigenvalue weighted by Gasteiger charge is -2.27. The predicted octanol–water partition coefficient (Wildman–Crippen LogP) is 2.44. The first-order valence-corrected chi connectivity index (χ1v) is 7.51. The highest BCUT2D eigenvalue weighted by Crippen LogP contribution is 2.22. The van der Waals surface area contributed by atoms with E-state index in [-0.39, 0.29) is 5.91 Å². The van der Waals surface area contributed by atoms with E-state index < -0.39 is 0 Å². The zero-order chi connectivity index (χ0) is 14.4. The SMILES string of the molecule is CN(Cc1ccc(C(=O)NN)cc1)C1CCCCCC1. The average molecular weight is 275 g/mol. The summed E-state index contributed by atoms with van der Waals surface area (Å²) in [6, 6.07) is 8.39. The maximum absolute atomic E-state index is 11.4. The molecule has 1 fully saturated rings. The molecule has 4 nitrogen and oxygen atoms in total. The van der Waals surface area contributed by atoms with Crippen LogP contribution in [0.1, 0.15) is 54.4 Å². The standard InChI is InChI=1S/C16H25N3O/c1-19(15-6-4-2-3-5-7-15)12-13-8-10-14(11-9-13)16(20)18-17/h8-11,15H,2-7,12,17H2,1H3,(H,18,20). The van der Waals surface area contributed by atoms with Crippen molar-refractivity contribution >= 4 is 5.91 Å². The fraction of sp³-hybridized carbons (Fsp3) is 0.562. The molecule has 4 heteroatoms. The van der Waals surface area contributed by atoms with Crippen LogP contribution in [-0.2, 0) is 6.54 Å². The first-order chi connectivity index (χ1) is 9.70. The molecule has 0 aliphatic heterocycles. The third-order valence-corrected chi connectivity index (χ3v) is 4.23. The summed E-state index contributed by atoms with van der Waals surface area (Å²) in [6.07, 6.45) is 8.09. The van der Waals surface area contributed by atoms with Crippen molar-refractivity contribution in [2.45, 2.75) is 51.1 Å². The minimum absolute atomic E-state index is 0.242. The van der Waals surface area contributed by atoms with Gasteiger partial charge in [0, 0.05) is 18.2 Å². The molecule has 0 heterocycles. The quantitative estimate of drug-likeness (QED) is 0.384. The lowest BCUT2D eigenvalue weighted by molar-refractivity contribution is 0.0953. The first-order valence-electron chi connectivity index (χ1n) is 7.51. The molecule has 1 aliphatic rings. The van der Waals surface area contributed by atoms with Crippen LogP contribution in [0.5, 0.6) is 0 Å². The monoisotopic (exact) mass is 275 g/mol. The van der Waals surface area contributed by atoms with Crippen LogP contribution in [0.25, 0.3) is 0 Å². The van der Waals surface area contributed by atoms with Crippen LogP contribution in [0.15, 0.2) is 24.3 Å². The van der Waals surface area contributed by atoms with Gasteiger partial charge in [0.2, 0.25) is 0 Å². The van der Waals surface area contributed by atoms with Crippen LogP contribution in [0.4, 0.5) is 0 Å². The molecule has 20 heavy (non-hydrogen) atoms. The molecular formula is C16H25N3O. The highest BCUT2D eigenvalue weighted by Gasteiger charge is 2.17. The number of nitrogens with zero attached hydrogens (tertiary/aromatic N) is 1. The second kappa shape index (κ2) is 7.41.